The number of nitrogens with one attached hydrogen (secondary N) is 8. The number of halogens is 3. The molecule has 0 saturated carbocycles. The van der Waals surface area contributed by atoms with Crippen LogP contribution in [-0.2, 0) is 62.0 Å². The SMILES string of the molecule is CN[C@H](CC(C)C)C(=O)N[C@H]1C(=O)N[C@@H](CC(N)=O)C(=O)N[C@H]2C(=O)N[C@H]3C(=O)N[C@H](C(=O)N[C@@H](C(=O)O)c4cc(O)cc(O)c4-c4cc3ccc4O)[C@H](O[C@H]3C[C@](C)(N)[C@@H](O)[C@H](C)O3)c3ccc(c(Cl)c3)Oc3cc2cc(c3OC2O[C@H](CO)[C@@H](O[C@H]3O[C@H](CNC/C=C/c4ccc(-c5ccc(Cl)cc5)s4)[C@H](O)[C@H](O)[C@H]3O)[C@H](O)[C@H]2O)Oc2ccc(cc2Cl)[C@H]1O. The number of ether oxygens (including phenoxy) is 8. The Hall–Kier alpha value is -10.5. The predicted molar refractivity (Wildman–Crippen MR) is 452 cm³/mol. The number of carbonyl (C=O) groups is 8. The van der Waals surface area contributed by atoms with Crippen molar-refractivity contribution in [2.75, 3.05) is 26.7 Å². The van der Waals surface area contributed by atoms with E-state index in [-0.39, 0.29) is 43.0 Å². The van der Waals surface area contributed by atoms with Gasteiger partial charge in [-0.3, -0.25) is 33.6 Å². The summed E-state index contributed by atoms with van der Waals surface area (Å²) < 4.78 is 51.2. The van der Waals surface area contributed by atoms with Crippen LogP contribution in [0.15, 0.2) is 121 Å². The molecule has 3 fully saturated rings. The third-order valence-corrected chi connectivity index (χ3v) is 24.3. The zero-order valence-corrected chi connectivity index (χ0v) is 71.3. The minimum absolute atomic E-state index is 0.130. The number of thiophene rings is 1. The number of carboxylic acids is 1. The van der Waals surface area contributed by atoms with Gasteiger partial charge in [0.25, 0.3) is 0 Å². The number of aliphatic hydroxyl groups excluding tert-OH is 8. The Balaban J connectivity index is 0.951. The van der Waals surface area contributed by atoms with Gasteiger partial charge in [-0.1, -0.05) is 85.1 Å². The topological polar surface area (TPSA) is 601 Å². The van der Waals surface area contributed by atoms with Gasteiger partial charge in [-0.05, 0) is 146 Å². The van der Waals surface area contributed by atoms with Crippen molar-refractivity contribution in [2.45, 2.75) is 187 Å². The maximum absolute atomic E-state index is 16.4. The number of carboxylic acid groups (broad SMARTS) is 1. The van der Waals surface area contributed by atoms with Crippen LogP contribution < -0.4 is 68.2 Å². The van der Waals surface area contributed by atoms with Crippen LogP contribution in [-0.4, -0.2) is 245 Å². The van der Waals surface area contributed by atoms with Crippen molar-refractivity contribution in [3.63, 3.8) is 0 Å². The molecule has 7 aromatic rings. The highest BCUT2D eigenvalue weighted by atomic mass is 35.5. The molecule has 1 aromatic heterocycles. The summed E-state index contributed by atoms with van der Waals surface area (Å²) in [6, 6.07) is 10.2. The molecule has 7 amide bonds. The fourth-order valence-electron chi connectivity index (χ4n) is 15.7. The second-order valence-corrected chi connectivity index (χ2v) is 34.5. The van der Waals surface area contributed by atoms with Gasteiger partial charge in [-0.25, -0.2) is 4.79 Å². The summed E-state index contributed by atoms with van der Waals surface area (Å²) >= 11 is 22.1. The number of likely N-dealkylation sites (N-methyl/N-ethyl adjacent to an activating group) is 1. The van der Waals surface area contributed by atoms with Gasteiger partial charge in [0.05, 0.1) is 41.3 Å². The standard InChI is InChI=1S/C85H95Cl3N10O28S/c1-33(2)21-47(91-5)76(111)97-64-66(104)37-11-17-51(45(87)23-37)120-53-25-39-26-54(73(53)125-84-71(109)69(107)74(56(32-99)123-84)126-83-70(108)68(106)67(105)55(122-83)31-92-20-6-7-42-15-19-57(127-42)35-8-13-40(86)14-9-35)121-52-18-12-38(24-46(52)88)72(124-59-30-85(4,90)75(110)34(3)119-59)65-81(116)96-63(82(117)118)44-27-41(100)28-50(102)60(44)43-22-36(10-16-49(43)101)61(78(113)98-65)95-79(114)62(39)94-77(112)48(29-58(89)103)93-80(64)115/h6-19,22-28,33-34,47-48,55-56,59,61-72,74-75,83-84,91-92,99-102,104-110H,20-21,29-32,90H2,1-5H3,(H2,89,103)(H,93,115)(H,94,112)(H,95,114)(H,96,116)(H,97,111)(H,98,113)(H,117,118)/b7-6+/t34-,47+,48-,55+,56+,59-,61+,62+,63+,64+,65-,66+,67-,68-,69+,70+,71+,72+,74+,75-,83+,84?,85-/m0/s1. The van der Waals surface area contributed by atoms with E-state index in [1.165, 1.54) is 44.4 Å². The Labute approximate surface area is 743 Å². The molecular formula is C85H95Cl3N10O28S. The largest absolute Gasteiger partial charge is 0.508 e. The summed E-state index contributed by atoms with van der Waals surface area (Å²) in [6.45, 7) is 5.46. The van der Waals surface area contributed by atoms with Crippen LogP contribution in [0.5, 0.6) is 46.0 Å². The molecule has 38 nitrogen and oxygen atoms in total. The van der Waals surface area contributed by atoms with Crippen molar-refractivity contribution >= 4 is 99.5 Å². The van der Waals surface area contributed by atoms with Crippen molar-refractivity contribution in [3.8, 4) is 67.6 Å². The van der Waals surface area contributed by atoms with Gasteiger partial charge in [-0.15, -0.1) is 11.3 Å². The lowest BCUT2D eigenvalue weighted by Crippen LogP contribution is -2.65. The molecule has 0 spiro atoms. The van der Waals surface area contributed by atoms with Gasteiger partial charge in [0.15, 0.2) is 30.1 Å². The first kappa shape index (κ1) is 94.2. The summed E-state index contributed by atoms with van der Waals surface area (Å²) in [7, 11) is 1.46. The number of aliphatic carboxylic acids is 1. The van der Waals surface area contributed by atoms with E-state index in [4.69, 9.17) is 84.2 Å². The van der Waals surface area contributed by atoms with E-state index in [1.807, 2.05) is 30.3 Å². The van der Waals surface area contributed by atoms with Gasteiger partial charge in [-0.2, -0.15) is 0 Å². The van der Waals surface area contributed by atoms with E-state index >= 15 is 24.0 Å². The Morgan fingerprint density at radius 1 is 0.669 bits per heavy atom. The lowest BCUT2D eigenvalue weighted by molar-refractivity contribution is -0.350. The number of amides is 7. The van der Waals surface area contributed by atoms with Gasteiger partial charge in [0, 0.05) is 62.6 Å². The summed E-state index contributed by atoms with van der Waals surface area (Å²) in [5.41, 5.74) is 8.96. The second-order valence-electron chi connectivity index (χ2n) is 32.1. The second kappa shape index (κ2) is 39.7. The van der Waals surface area contributed by atoms with E-state index < -0.39 is 284 Å². The molecule has 3 saturated heterocycles. The highest BCUT2D eigenvalue weighted by molar-refractivity contribution is 7.16. The molecule has 15 rings (SSSR count). The van der Waals surface area contributed by atoms with Gasteiger partial charge in [0.2, 0.25) is 53.4 Å². The summed E-state index contributed by atoms with van der Waals surface area (Å²) in [5, 5.41) is 160. The van der Waals surface area contributed by atoms with Crippen LogP contribution in [0.3, 0.4) is 0 Å². The van der Waals surface area contributed by atoms with E-state index in [2.05, 4.69) is 42.5 Å². The first-order chi connectivity index (χ1) is 60.3. The molecule has 0 aliphatic carbocycles. The number of aliphatic hydroxyl groups is 8. The molecule has 8 aliphatic rings. The fraction of sp³-hybridized carbons (Fsp3) is 0.412. The smallest absolute Gasteiger partial charge is 0.330 e. The molecule has 680 valence electrons. The van der Waals surface area contributed by atoms with Crippen molar-refractivity contribution < 1.29 is 138 Å². The van der Waals surface area contributed by atoms with Crippen LogP contribution >= 0.6 is 46.1 Å². The Morgan fingerprint density at radius 2 is 1.31 bits per heavy atom. The van der Waals surface area contributed by atoms with E-state index in [0.29, 0.717) is 5.02 Å². The highest BCUT2D eigenvalue weighted by Crippen LogP contribution is 2.51. The minimum Gasteiger partial charge on any atom is -0.508 e. The fourth-order valence-corrected chi connectivity index (χ4v) is 17.2. The predicted octanol–water partition coefficient (Wildman–Crippen LogP) is 2.62. The molecule has 8 aliphatic heterocycles. The minimum atomic E-state index is -2.42. The molecule has 9 heterocycles. The zero-order chi connectivity index (χ0) is 91.6. The van der Waals surface area contributed by atoms with Gasteiger partial charge < -0.3 is 153 Å². The molecule has 11 bridgehead atoms. The number of hydrogen-bond donors (Lipinski definition) is 22. The van der Waals surface area contributed by atoms with Crippen LogP contribution in [0.2, 0.25) is 15.1 Å². The van der Waals surface area contributed by atoms with E-state index in [0.717, 1.165) is 82.0 Å². The summed E-state index contributed by atoms with van der Waals surface area (Å²) in [4.78, 5) is 122. The van der Waals surface area contributed by atoms with Crippen molar-refractivity contribution in [1.82, 2.24) is 42.5 Å². The van der Waals surface area contributed by atoms with Gasteiger partial charge in [0.1, 0.15) is 120 Å². The van der Waals surface area contributed by atoms with Crippen molar-refractivity contribution in [1.29, 1.82) is 0 Å². The molecule has 0 radical (unpaired) electrons. The normalized spacial score (nSPS) is 29.6. The molecule has 127 heavy (non-hydrogen) atoms. The van der Waals surface area contributed by atoms with E-state index in [1.54, 1.807) is 32.1 Å². The number of rotatable bonds is 21. The Bertz CT molecular complexity index is 5320. The number of primary amides is 1. The zero-order valence-electron chi connectivity index (χ0n) is 68.2. The number of nitrogens with two attached hydrogens (primary N) is 2. The summed E-state index contributed by atoms with van der Waals surface area (Å²) in [6.07, 6.45) is -25.4. The average molecular weight is 1840 g/mol. The quantitative estimate of drug-likeness (QED) is 0.0460. The third-order valence-electron chi connectivity index (χ3n) is 22.3. The molecule has 42 heteroatoms. The molecule has 6 aromatic carbocycles. The number of aromatic hydroxyl groups is 3. The Kier molecular flexibility index (Phi) is 29.4. The van der Waals surface area contributed by atoms with Crippen LogP contribution in [0.25, 0.3) is 27.6 Å². The number of phenolic OH excluding ortho intramolecular Hbond substituents is 3. The van der Waals surface area contributed by atoms with Crippen LogP contribution in [0.1, 0.15) is 110 Å². The number of hydrogen-bond acceptors (Lipinski definition) is 31. The van der Waals surface area contributed by atoms with Crippen LogP contribution in [0.4, 0.5) is 0 Å². The molecule has 24 N–H and O–H groups in total. The first-order valence-electron chi connectivity index (χ1n) is 40.1. The number of carbonyl (C=O) groups excluding carboxylic acids is 7. The summed E-state index contributed by atoms with van der Waals surface area (Å²) in [5.74, 6) is -16.7. The monoisotopic (exact) mass is 1840 g/mol. The van der Waals surface area contributed by atoms with Gasteiger partial charge >= 0.3 is 5.97 Å². The Morgan fingerprint density at radius 3 is 1.95 bits per heavy atom. The highest BCUT2D eigenvalue weighted by Gasteiger charge is 2.53. The van der Waals surface area contributed by atoms with Crippen LogP contribution in [0, 0.1) is 5.92 Å². The molecule has 23 atom stereocenters. The number of benzene rings is 6. The first-order valence-corrected chi connectivity index (χ1v) is 42.1. The number of phenols is 3. The van der Waals surface area contributed by atoms with E-state index in [9.17, 15) is 75.7 Å². The number of fused-ring (bicyclic) bond motifs is 15. The molecule has 1 unspecified atom stereocenters. The third kappa shape index (κ3) is 21.0. The van der Waals surface area contributed by atoms with Crippen molar-refractivity contribution in [3.05, 3.63) is 169 Å². The maximum Gasteiger partial charge on any atom is 0.330 e. The lowest BCUT2D eigenvalue weighted by Gasteiger charge is -2.46. The average Bonchev–Trinajstić information content (AvgIpc) is 1.07. The maximum atomic E-state index is 16.4. The molecular weight excluding hydrogens is 1750 g/mol. The lowest BCUT2D eigenvalue weighted by atomic mass is 9.86. The van der Waals surface area contributed by atoms with Crippen molar-refractivity contribution in [2.24, 2.45) is 17.4 Å².